The second-order valence-electron chi connectivity index (χ2n) is 4.85. The Bertz CT molecular complexity index is 816. The van der Waals surface area contributed by atoms with Crippen LogP contribution < -0.4 is 4.74 Å². The van der Waals surface area contributed by atoms with Gasteiger partial charge < -0.3 is 4.74 Å². The Morgan fingerprint density at radius 3 is 2.38 bits per heavy atom. The summed E-state index contributed by atoms with van der Waals surface area (Å²) in [6, 6.07) is 13.5. The molecule has 0 radical (unpaired) electrons. The number of benzene rings is 2. The van der Waals surface area contributed by atoms with E-state index >= 15 is 0 Å². The highest BCUT2D eigenvalue weighted by Crippen LogP contribution is 2.36. The molecule has 2 nitrogen and oxygen atoms in total. The molecule has 0 aliphatic carbocycles. The topological polar surface area (TPSA) is 26.3 Å². The molecular weight excluding hydrogens is 304 g/mol. The molecule has 0 spiro atoms. The number of carbonyl (C=O) groups is 1. The number of hydrogen-bond donors (Lipinski definition) is 0. The maximum atomic E-state index is 12.4. The van der Waals surface area contributed by atoms with Crippen LogP contribution in [0.2, 0.25) is 5.02 Å². The Balaban J connectivity index is 2.00. The van der Waals surface area contributed by atoms with Crippen molar-refractivity contribution >= 4 is 39.0 Å². The highest BCUT2D eigenvalue weighted by Gasteiger charge is 2.20. The van der Waals surface area contributed by atoms with Gasteiger partial charge in [-0.2, -0.15) is 0 Å². The number of esters is 1. The Morgan fingerprint density at radius 1 is 1.05 bits per heavy atom. The Labute approximate surface area is 131 Å². The van der Waals surface area contributed by atoms with E-state index in [1.165, 1.54) is 11.3 Å². The summed E-state index contributed by atoms with van der Waals surface area (Å²) in [7, 11) is 0. The summed E-state index contributed by atoms with van der Waals surface area (Å²) in [6.07, 6.45) is 0. The van der Waals surface area contributed by atoms with Crippen LogP contribution in [0.3, 0.4) is 0 Å². The number of carbonyl (C=O) groups excluding carboxylic acids is 1. The van der Waals surface area contributed by atoms with Gasteiger partial charge in [0.2, 0.25) is 0 Å². The van der Waals surface area contributed by atoms with Crippen molar-refractivity contribution in [3.05, 3.63) is 63.5 Å². The van der Waals surface area contributed by atoms with Crippen molar-refractivity contribution in [3.63, 3.8) is 0 Å². The number of para-hydroxylation sites is 1. The molecule has 0 aliphatic heterocycles. The third kappa shape index (κ3) is 2.55. The fourth-order valence-electron chi connectivity index (χ4n) is 2.24. The molecule has 0 bridgehead atoms. The van der Waals surface area contributed by atoms with Crippen molar-refractivity contribution in [1.29, 1.82) is 0 Å². The molecule has 4 heteroatoms. The molecule has 106 valence electrons. The fourth-order valence-corrected chi connectivity index (χ4v) is 3.63. The third-order valence-electron chi connectivity index (χ3n) is 3.32. The molecule has 0 unspecified atom stereocenters. The molecule has 0 atom stereocenters. The van der Waals surface area contributed by atoms with Crippen LogP contribution in [0.15, 0.2) is 42.5 Å². The second-order valence-corrected chi connectivity index (χ2v) is 6.28. The smallest absolute Gasteiger partial charge is 0.355 e. The van der Waals surface area contributed by atoms with E-state index in [1.807, 2.05) is 56.3 Å². The van der Waals surface area contributed by atoms with E-state index in [4.69, 9.17) is 16.3 Å². The molecular formula is C17H13ClO2S. The van der Waals surface area contributed by atoms with Gasteiger partial charge in [-0.05, 0) is 31.0 Å². The molecule has 0 N–H and O–H groups in total. The van der Waals surface area contributed by atoms with Gasteiger partial charge >= 0.3 is 5.97 Å². The van der Waals surface area contributed by atoms with E-state index in [0.717, 1.165) is 21.2 Å². The first-order valence-electron chi connectivity index (χ1n) is 6.53. The van der Waals surface area contributed by atoms with Crippen LogP contribution in [-0.2, 0) is 0 Å². The van der Waals surface area contributed by atoms with E-state index in [1.54, 1.807) is 0 Å². The second kappa shape index (κ2) is 5.51. The van der Waals surface area contributed by atoms with Gasteiger partial charge in [-0.1, -0.05) is 48.0 Å². The van der Waals surface area contributed by atoms with Crippen LogP contribution in [0.1, 0.15) is 20.8 Å². The van der Waals surface area contributed by atoms with E-state index in [0.29, 0.717) is 15.6 Å². The summed E-state index contributed by atoms with van der Waals surface area (Å²) >= 11 is 7.66. The van der Waals surface area contributed by atoms with Gasteiger partial charge in [-0.15, -0.1) is 11.3 Å². The van der Waals surface area contributed by atoms with Crippen LogP contribution in [0, 0.1) is 13.8 Å². The predicted octanol–water partition coefficient (Wildman–Crippen LogP) is 5.39. The lowest BCUT2D eigenvalue weighted by Gasteiger charge is -2.09. The first-order valence-corrected chi connectivity index (χ1v) is 7.73. The zero-order valence-electron chi connectivity index (χ0n) is 11.6. The number of hydrogen-bond acceptors (Lipinski definition) is 3. The van der Waals surface area contributed by atoms with Gasteiger partial charge in [0.1, 0.15) is 10.6 Å². The molecule has 0 aliphatic rings. The average Bonchev–Trinajstić information content (AvgIpc) is 2.81. The lowest BCUT2D eigenvalue weighted by atomic mass is 10.1. The zero-order valence-corrected chi connectivity index (χ0v) is 13.2. The molecule has 2 aromatic carbocycles. The largest absolute Gasteiger partial charge is 0.422 e. The average molecular weight is 317 g/mol. The van der Waals surface area contributed by atoms with E-state index < -0.39 is 5.97 Å². The number of ether oxygens (including phenoxy) is 1. The van der Waals surface area contributed by atoms with Crippen molar-refractivity contribution in [2.24, 2.45) is 0 Å². The van der Waals surface area contributed by atoms with Gasteiger partial charge in [0, 0.05) is 10.1 Å². The van der Waals surface area contributed by atoms with Crippen molar-refractivity contribution < 1.29 is 9.53 Å². The first kappa shape index (κ1) is 14.1. The Morgan fingerprint density at radius 2 is 1.71 bits per heavy atom. The van der Waals surface area contributed by atoms with Gasteiger partial charge in [-0.3, -0.25) is 0 Å². The minimum Gasteiger partial charge on any atom is -0.422 e. The minimum atomic E-state index is -0.404. The van der Waals surface area contributed by atoms with Crippen molar-refractivity contribution in [3.8, 4) is 5.75 Å². The number of aryl methyl sites for hydroxylation is 2. The Hall–Kier alpha value is -1.84. The third-order valence-corrected chi connectivity index (χ3v) is 4.98. The number of halogens is 1. The number of rotatable bonds is 2. The van der Waals surface area contributed by atoms with Crippen molar-refractivity contribution in [1.82, 2.24) is 0 Å². The fraction of sp³-hybridized carbons (Fsp3) is 0.118. The summed E-state index contributed by atoms with van der Waals surface area (Å²) in [5.41, 5.74) is 1.86. The summed E-state index contributed by atoms with van der Waals surface area (Å²) < 4.78 is 6.54. The normalized spacial score (nSPS) is 10.8. The van der Waals surface area contributed by atoms with Crippen LogP contribution in [0.5, 0.6) is 5.75 Å². The highest BCUT2D eigenvalue weighted by atomic mass is 35.5. The molecule has 0 saturated carbocycles. The summed E-state index contributed by atoms with van der Waals surface area (Å²) in [4.78, 5) is 12.9. The Kier molecular flexibility index (Phi) is 3.70. The van der Waals surface area contributed by atoms with Gasteiger partial charge in [-0.25, -0.2) is 4.79 Å². The van der Waals surface area contributed by atoms with E-state index in [-0.39, 0.29) is 0 Å². The molecule has 21 heavy (non-hydrogen) atoms. The standard InChI is InChI=1S/C17H13ClO2S/c1-10-6-5-7-11(2)15(10)20-17(19)16-14(18)12-8-3-4-9-13(12)21-16/h3-9H,1-2H3. The van der Waals surface area contributed by atoms with E-state index in [2.05, 4.69) is 0 Å². The predicted molar refractivity (Wildman–Crippen MR) is 87.7 cm³/mol. The summed E-state index contributed by atoms with van der Waals surface area (Å²) in [5, 5.41) is 1.35. The maximum Gasteiger partial charge on any atom is 0.355 e. The molecule has 1 aromatic heterocycles. The molecule has 0 fully saturated rings. The van der Waals surface area contributed by atoms with Crippen molar-refractivity contribution in [2.45, 2.75) is 13.8 Å². The maximum absolute atomic E-state index is 12.4. The monoisotopic (exact) mass is 316 g/mol. The molecule has 0 saturated heterocycles. The highest BCUT2D eigenvalue weighted by molar-refractivity contribution is 7.21. The molecule has 1 heterocycles. The van der Waals surface area contributed by atoms with Crippen LogP contribution in [0.25, 0.3) is 10.1 Å². The van der Waals surface area contributed by atoms with Crippen LogP contribution >= 0.6 is 22.9 Å². The summed E-state index contributed by atoms with van der Waals surface area (Å²) in [6.45, 7) is 3.84. The first-order chi connectivity index (χ1) is 10.1. The van der Waals surface area contributed by atoms with Crippen LogP contribution in [-0.4, -0.2) is 5.97 Å². The SMILES string of the molecule is Cc1cccc(C)c1OC(=O)c1sc2ccccc2c1Cl. The lowest BCUT2D eigenvalue weighted by molar-refractivity contribution is 0.0737. The van der Waals surface area contributed by atoms with Gasteiger partial charge in [0.05, 0.1) is 5.02 Å². The quantitative estimate of drug-likeness (QED) is 0.468. The number of thiophene rings is 1. The van der Waals surface area contributed by atoms with E-state index in [9.17, 15) is 4.79 Å². The number of fused-ring (bicyclic) bond motifs is 1. The molecule has 3 rings (SSSR count). The molecule has 0 amide bonds. The molecule has 3 aromatic rings. The van der Waals surface area contributed by atoms with Gasteiger partial charge in [0.25, 0.3) is 0 Å². The lowest BCUT2D eigenvalue weighted by Crippen LogP contribution is -2.09. The van der Waals surface area contributed by atoms with Gasteiger partial charge in [0.15, 0.2) is 0 Å². The minimum absolute atomic E-state index is 0.404. The van der Waals surface area contributed by atoms with Crippen molar-refractivity contribution in [2.75, 3.05) is 0 Å². The summed E-state index contributed by atoms with van der Waals surface area (Å²) in [5.74, 6) is 0.203. The van der Waals surface area contributed by atoms with Crippen LogP contribution in [0.4, 0.5) is 0 Å². The zero-order chi connectivity index (χ0) is 15.0.